The minimum atomic E-state index is 0.380. The second kappa shape index (κ2) is 5.40. The summed E-state index contributed by atoms with van der Waals surface area (Å²) in [5, 5.41) is 0.852. The summed E-state index contributed by atoms with van der Waals surface area (Å²) in [7, 11) is 0. The van der Waals surface area contributed by atoms with Crippen LogP contribution in [0.15, 0.2) is 48.8 Å². The van der Waals surface area contributed by atoms with Crippen LogP contribution in [0.4, 0.5) is 5.69 Å². The molecule has 0 unspecified atom stereocenters. The summed E-state index contributed by atoms with van der Waals surface area (Å²) in [6.45, 7) is 4.28. The molecule has 0 atom stereocenters. The zero-order valence-corrected chi connectivity index (χ0v) is 12.1. The zero-order valence-electron chi connectivity index (χ0n) is 12.1. The molecule has 106 valence electrons. The van der Waals surface area contributed by atoms with Crippen molar-refractivity contribution in [2.24, 2.45) is 0 Å². The molecule has 21 heavy (non-hydrogen) atoms. The maximum Gasteiger partial charge on any atom is 0.230 e. The largest absolute Gasteiger partial charge is 0.438 e. The fraction of sp³-hybridized carbons (Fsp3) is 0.176. The molecule has 0 aliphatic carbocycles. The van der Waals surface area contributed by atoms with Crippen molar-refractivity contribution < 1.29 is 4.74 Å². The Bertz CT molecular complexity index is 784. The number of rotatable bonds is 3. The first kappa shape index (κ1) is 13.4. The number of aromatic nitrogens is 2. The Hall–Kier alpha value is -2.62. The Morgan fingerprint density at radius 3 is 2.67 bits per heavy atom. The van der Waals surface area contributed by atoms with Gasteiger partial charge in [0.15, 0.2) is 0 Å². The third-order valence-electron chi connectivity index (χ3n) is 3.37. The molecular formula is C17H17N3O. The molecule has 2 N–H and O–H groups in total. The second-order valence-corrected chi connectivity index (χ2v) is 5.25. The van der Waals surface area contributed by atoms with Gasteiger partial charge in [0.25, 0.3) is 0 Å². The molecule has 4 heteroatoms. The fourth-order valence-electron chi connectivity index (χ4n) is 2.29. The number of para-hydroxylation sites is 1. The lowest BCUT2D eigenvalue weighted by molar-refractivity contribution is 0.459. The summed E-state index contributed by atoms with van der Waals surface area (Å²) in [4.78, 5) is 8.49. The van der Waals surface area contributed by atoms with Crippen molar-refractivity contribution in [1.82, 2.24) is 9.97 Å². The molecule has 0 spiro atoms. The summed E-state index contributed by atoms with van der Waals surface area (Å²) in [5.74, 6) is 1.75. The minimum Gasteiger partial charge on any atom is -0.438 e. The van der Waals surface area contributed by atoms with Crippen molar-refractivity contribution >= 4 is 16.6 Å². The van der Waals surface area contributed by atoms with Crippen molar-refractivity contribution in [3.05, 3.63) is 54.4 Å². The molecule has 0 fully saturated rings. The lowest BCUT2D eigenvalue weighted by Gasteiger charge is -2.13. The normalized spacial score (nSPS) is 11.0. The average molecular weight is 279 g/mol. The summed E-state index contributed by atoms with van der Waals surface area (Å²) < 4.78 is 6.03. The van der Waals surface area contributed by atoms with Crippen LogP contribution in [-0.4, -0.2) is 9.97 Å². The van der Waals surface area contributed by atoms with Gasteiger partial charge in [0.1, 0.15) is 12.1 Å². The molecular weight excluding hydrogens is 262 g/mol. The molecule has 0 aliphatic rings. The van der Waals surface area contributed by atoms with E-state index in [1.165, 1.54) is 6.33 Å². The van der Waals surface area contributed by atoms with Crippen LogP contribution in [0.25, 0.3) is 10.9 Å². The number of fused-ring (bicyclic) bond motifs is 1. The van der Waals surface area contributed by atoms with E-state index in [2.05, 4.69) is 29.9 Å². The number of hydrogen-bond acceptors (Lipinski definition) is 4. The van der Waals surface area contributed by atoms with E-state index >= 15 is 0 Å². The van der Waals surface area contributed by atoms with Gasteiger partial charge in [0.2, 0.25) is 5.88 Å². The van der Waals surface area contributed by atoms with Gasteiger partial charge in [-0.05, 0) is 35.7 Å². The van der Waals surface area contributed by atoms with Gasteiger partial charge in [-0.3, -0.25) is 0 Å². The maximum absolute atomic E-state index is 6.03. The molecule has 0 bridgehead atoms. The van der Waals surface area contributed by atoms with E-state index < -0.39 is 0 Å². The lowest BCUT2D eigenvalue weighted by Crippen LogP contribution is -1.96. The van der Waals surface area contributed by atoms with E-state index in [1.807, 2.05) is 36.4 Å². The Kier molecular flexibility index (Phi) is 3.44. The summed E-state index contributed by atoms with van der Waals surface area (Å²) in [6, 6.07) is 13.5. The third kappa shape index (κ3) is 2.65. The number of hydrogen-bond donors (Lipinski definition) is 1. The number of benzene rings is 2. The van der Waals surface area contributed by atoms with E-state index in [9.17, 15) is 0 Å². The number of nitrogen functional groups attached to an aromatic ring is 1. The smallest absolute Gasteiger partial charge is 0.230 e. The average Bonchev–Trinajstić information content (AvgIpc) is 2.47. The van der Waals surface area contributed by atoms with Gasteiger partial charge < -0.3 is 10.5 Å². The first-order valence-electron chi connectivity index (χ1n) is 6.92. The molecule has 4 nitrogen and oxygen atoms in total. The van der Waals surface area contributed by atoms with Crippen LogP contribution in [-0.2, 0) is 0 Å². The third-order valence-corrected chi connectivity index (χ3v) is 3.37. The highest BCUT2D eigenvalue weighted by atomic mass is 16.5. The van der Waals surface area contributed by atoms with Crippen molar-refractivity contribution in [1.29, 1.82) is 0 Å². The Morgan fingerprint density at radius 1 is 1.05 bits per heavy atom. The molecule has 3 rings (SSSR count). The monoisotopic (exact) mass is 279 g/mol. The summed E-state index contributed by atoms with van der Waals surface area (Å²) in [5.41, 5.74) is 8.40. The standard InChI is InChI=1S/C17H17N3O/c1-11(2)13-5-3-4-6-16(13)21-17-14-8-7-12(18)9-15(14)19-10-20-17/h3-11H,18H2,1-2H3. The van der Waals surface area contributed by atoms with Gasteiger partial charge in [0, 0.05) is 5.69 Å². The second-order valence-electron chi connectivity index (χ2n) is 5.25. The van der Waals surface area contributed by atoms with Crippen LogP contribution < -0.4 is 10.5 Å². The fourth-order valence-corrected chi connectivity index (χ4v) is 2.29. The van der Waals surface area contributed by atoms with Gasteiger partial charge >= 0.3 is 0 Å². The lowest BCUT2D eigenvalue weighted by atomic mass is 10.0. The highest BCUT2D eigenvalue weighted by Crippen LogP contribution is 2.32. The molecule has 0 saturated heterocycles. The van der Waals surface area contributed by atoms with Crippen molar-refractivity contribution in [2.45, 2.75) is 19.8 Å². The predicted octanol–water partition coefficient (Wildman–Crippen LogP) is 4.13. The molecule has 2 aromatic carbocycles. The first-order valence-corrected chi connectivity index (χ1v) is 6.92. The molecule has 0 amide bonds. The summed E-state index contributed by atoms with van der Waals surface area (Å²) >= 11 is 0. The van der Waals surface area contributed by atoms with Crippen LogP contribution in [0.3, 0.4) is 0 Å². The van der Waals surface area contributed by atoms with Gasteiger partial charge in [0.05, 0.1) is 10.9 Å². The van der Waals surface area contributed by atoms with Crippen molar-refractivity contribution in [3.63, 3.8) is 0 Å². The van der Waals surface area contributed by atoms with Crippen LogP contribution >= 0.6 is 0 Å². The molecule has 1 aromatic heterocycles. The van der Waals surface area contributed by atoms with E-state index in [0.717, 1.165) is 22.2 Å². The van der Waals surface area contributed by atoms with E-state index in [-0.39, 0.29) is 0 Å². The Labute approximate surface area is 123 Å². The quantitative estimate of drug-likeness (QED) is 0.732. The zero-order chi connectivity index (χ0) is 14.8. The number of anilines is 1. The first-order chi connectivity index (χ1) is 10.1. The van der Waals surface area contributed by atoms with Gasteiger partial charge in [-0.2, -0.15) is 0 Å². The van der Waals surface area contributed by atoms with Crippen molar-refractivity contribution in [2.75, 3.05) is 5.73 Å². The maximum atomic E-state index is 6.03. The molecule has 3 aromatic rings. The van der Waals surface area contributed by atoms with Crippen LogP contribution in [0.1, 0.15) is 25.3 Å². The van der Waals surface area contributed by atoms with E-state index in [4.69, 9.17) is 10.5 Å². The summed E-state index contributed by atoms with van der Waals surface area (Å²) in [6.07, 6.45) is 1.50. The van der Waals surface area contributed by atoms with Gasteiger partial charge in [-0.15, -0.1) is 0 Å². The highest BCUT2D eigenvalue weighted by Gasteiger charge is 2.11. The van der Waals surface area contributed by atoms with Crippen LogP contribution in [0, 0.1) is 0 Å². The number of ether oxygens (including phenoxy) is 1. The van der Waals surface area contributed by atoms with Gasteiger partial charge in [-0.25, -0.2) is 9.97 Å². The van der Waals surface area contributed by atoms with E-state index in [1.54, 1.807) is 0 Å². The topological polar surface area (TPSA) is 61.0 Å². The Morgan fingerprint density at radius 2 is 1.86 bits per heavy atom. The van der Waals surface area contributed by atoms with Crippen molar-refractivity contribution in [3.8, 4) is 11.6 Å². The number of nitrogens with two attached hydrogens (primary N) is 1. The molecule has 0 saturated carbocycles. The van der Waals surface area contributed by atoms with Crippen LogP contribution in [0.5, 0.6) is 11.6 Å². The van der Waals surface area contributed by atoms with Crippen LogP contribution in [0.2, 0.25) is 0 Å². The predicted molar refractivity (Wildman–Crippen MR) is 84.6 cm³/mol. The molecule has 0 radical (unpaired) electrons. The highest BCUT2D eigenvalue weighted by molar-refractivity contribution is 5.86. The van der Waals surface area contributed by atoms with E-state index in [0.29, 0.717) is 17.5 Å². The Balaban J connectivity index is 2.07. The molecule has 0 aliphatic heterocycles. The minimum absolute atomic E-state index is 0.380. The molecule has 1 heterocycles. The SMILES string of the molecule is CC(C)c1ccccc1Oc1ncnc2cc(N)ccc12. The number of nitrogens with zero attached hydrogens (tertiary/aromatic N) is 2. The van der Waals surface area contributed by atoms with Gasteiger partial charge in [-0.1, -0.05) is 32.0 Å².